The highest BCUT2D eigenvalue weighted by Crippen LogP contribution is 2.18. The van der Waals surface area contributed by atoms with E-state index in [9.17, 15) is 4.79 Å². The zero-order valence-electron chi connectivity index (χ0n) is 10.4. The Kier molecular flexibility index (Phi) is 3.76. The first-order valence-corrected chi connectivity index (χ1v) is 6.95. The smallest absolute Gasteiger partial charge is 0.272 e. The molecule has 0 aliphatic rings. The summed E-state index contributed by atoms with van der Waals surface area (Å²) in [5.41, 5.74) is 7.55. The molecule has 0 spiro atoms. The zero-order valence-corrected chi connectivity index (χ0v) is 11.2. The van der Waals surface area contributed by atoms with Crippen LogP contribution in [0.3, 0.4) is 0 Å². The second-order valence-electron chi connectivity index (χ2n) is 4.13. The first-order valence-electron chi connectivity index (χ1n) is 5.66. The standard InChI is InChI=1S/C12H16N4OS/c1-7(18-2)6-14-12(17)11-9-5-8(13)3-4-10(9)15-16-11/h3-5,7H,6,13H2,1-2H3,(H,14,17)(H,15,16). The van der Waals surface area contributed by atoms with E-state index >= 15 is 0 Å². The molecule has 0 aliphatic heterocycles. The number of amides is 1. The van der Waals surface area contributed by atoms with Crippen LogP contribution in [0.15, 0.2) is 18.2 Å². The number of carbonyl (C=O) groups is 1. The van der Waals surface area contributed by atoms with Gasteiger partial charge >= 0.3 is 0 Å². The maximum atomic E-state index is 12.0. The molecule has 96 valence electrons. The van der Waals surface area contributed by atoms with Crippen molar-refractivity contribution in [2.24, 2.45) is 0 Å². The van der Waals surface area contributed by atoms with Gasteiger partial charge in [-0.05, 0) is 24.5 Å². The summed E-state index contributed by atoms with van der Waals surface area (Å²) < 4.78 is 0. The first kappa shape index (κ1) is 12.8. The van der Waals surface area contributed by atoms with Gasteiger partial charge in [0, 0.05) is 22.9 Å². The van der Waals surface area contributed by atoms with Gasteiger partial charge in [-0.25, -0.2) is 0 Å². The summed E-state index contributed by atoms with van der Waals surface area (Å²) in [5, 5.41) is 10.9. The van der Waals surface area contributed by atoms with E-state index in [4.69, 9.17) is 5.73 Å². The van der Waals surface area contributed by atoms with Crippen molar-refractivity contribution in [2.45, 2.75) is 12.2 Å². The highest BCUT2D eigenvalue weighted by atomic mass is 32.2. The molecule has 0 fully saturated rings. The van der Waals surface area contributed by atoms with Crippen LogP contribution in [0, 0.1) is 0 Å². The van der Waals surface area contributed by atoms with Crippen molar-refractivity contribution in [3.05, 3.63) is 23.9 Å². The first-order chi connectivity index (χ1) is 8.61. The Morgan fingerprint density at radius 1 is 1.61 bits per heavy atom. The highest BCUT2D eigenvalue weighted by molar-refractivity contribution is 7.99. The lowest BCUT2D eigenvalue weighted by Crippen LogP contribution is -2.29. The summed E-state index contributed by atoms with van der Waals surface area (Å²) in [6, 6.07) is 5.35. The molecule has 0 radical (unpaired) electrons. The number of fused-ring (bicyclic) bond motifs is 1. The monoisotopic (exact) mass is 264 g/mol. The van der Waals surface area contributed by atoms with Crippen LogP contribution in [0.4, 0.5) is 5.69 Å². The molecular weight excluding hydrogens is 248 g/mol. The van der Waals surface area contributed by atoms with Gasteiger partial charge in [0.15, 0.2) is 5.69 Å². The lowest BCUT2D eigenvalue weighted by Gasteiger charge is -2.08. The fraction of sp³-hybridized carbons (Fsp3) is 0.333. The second kappa shape index (κ2) is 5.30. The molecule has 4 N–H and O–H groups in total. The van der Waals surface area contributed by atoms with Crippen molar-refractivity contribution in [1.29, 1.82) is 0 Å². The van der Waals surface area contributed by atoms with Crippen molar-refractivity contribution >= 4 is 34.3 Å². The topological polar surface area (TPSA) is 83.8 Å². The van der Waals surface area contributed by atoms with E-state index in [1.165, 1.54) is 0 Å². The fourth-order valence-electron chi connectivity index (χ4n) is 1.61. The van der Waals surface area contributed by atoms with E-state index in [1.54, 1.807) is 23.9 Å². The number of hydrogen-bond acceptors (Lipinski definition) is 4. The zero-order chi connectivity index (χ0) is 13.1. The van der Waals surface area contributed by atoms with E-state index in [0.717, 1.165) is 10.9 Å². The van der Waals surface area contributed by atoms with Crippen LogP contribution in [-0.2, 0) is 0 Å². The molecular formula is C12H16N4OS. The molecule has 2 aromatic rings. The highest BCUT2D eigenvalue weighted by Gasteiger charge is 2.14. The van der Waals surface area contributed by atoms with Crippen LogP contribution in [0.2, 0.25) is 0 Å². The Balaban J connectivity index is 2.20. The molecule has 1 atom stereocenters. The minimum Gasteiger partial charge on any atom is -0.399 e. The molecule has 18 heavy (non-hydrogen) atoms. The molecule has 1 aromatic heterocycles. The molecule has 5 nitrogen and oxygen atoms in total. The number of aromatic amines is 1. The van der Waals surface area contributed by atoms with Gasteiger partial charge in [0.25, 0.3) is 5.91 Å². The molecule has 0 bridgehead atoms. The summed E-state index contributed by atoms with van der Waals surface area (Å²) in [6.07, 6.45) is 2.02. The SMILES string of the molecule is CSC(C)CNC(=O)c1n[nH]c2ccc(N)cc12. The van der Waals surface area contributed by atoms with Crippen molar-refractivity contribution < 1.29 is 4.79 Å². The van der Waals surface area contributed by atoms with Crippen LogP contribution >= 0.6 is 11.8 Å². The predicted octanol–water partition coefficient (Wildman–Crippen LogP) is 1.63. The molecule has 1 amide bonds. The molecule has 0 saturated heterocycles. The third-order valence-electron chi connectivity index (χ3n) is 2.75. The molecule has 6 heteroatoms. The minimum absolute atomic E-state index is 0.173. The number of H-pyrrole nitrogens is 1. The molecule has 1 aromatic carbocycles. The summed E-state index contributed by atoms with van der Waals surface area (Å²) in [5.74, 6) is -0.173. The normalized spacial score (nSPS) is 12.6. The lowest BCUT2D eigenvalue weighted by molar-refractivity contribution is 0.0951. The van der Waals surface area contributed by atoms with Crippen molar-refractivity contribution in [1.82, 2.24) is 15.5 Å². The Bertz CT molecular complexity index is 566. The Morgan fingerprint density at radius 2 is 2.39 bits per heavy atom. The van der Waals surface area contributed by atoms with Crippen molar-refractivity contribution in [3.63, 3.8) is 0 Å². The Morgan fingerprint density at radius 3 is 3.11 bits per heavy atom. The Labute approximate surface area is 110 Å². The number of thioether (sulfide) groups is 1. The number of nitrogen functional groups attached to an aromatic ring is 1. The van der Waals surface area contributed by atoms with Gasteiger partial charge in [-0.1, -0.05) is 6.92 Å². The molecule has 0 aliphatic carbocycles. The average molecular weight is 264 g/mol. The molecule has 0 saturated carbocycles. The van der Waals surface area contributed by atoms with Crippen LogP contribution in [-0.4, -0.2) is 34.2 Å². The molecule has 1 unspecified atom stereocenters. The second-order valence-corrected chi connectivity index (χ2v) is 5.41. The predicted molar refractivity (Wildman–Crippen MR) is 75.8 cm³/mol. The fourth-order valence-corrected chi connectivity index (χ4v) is 1.86. The van der Waals surface area contributed by atoms with Crippen LogP contribution in [0.25, 0.3) is 10.9 Å². The number of anilines is 1. The molecule has 2 rings (SSSR count). The van der Waals surface area contributed by atoms with E-state index in [-0.39, 0.29) is 5.91 Å². The summed E-state index contributed by atoms with van der Waals surface area (Å²) in [4.78, 5) is 12.0. The number of rotatable bonds is 4. The van der Waals surface area contributed by atoms with Crippen LogP contribution in [0.5, 0.6) is 0 Å². The van der Waals surface area contributed by atoms with E-state index in [2.05, 4.69) is 22.4 Å². The third kappa shape index (κ3) is 2.59. The number of nitrogens with one attached hydrogen (secondary N) is 2. The van der Waals surface area contributed by atoms with Gasteiger partial charge in [0.05, 0.1) is 5.52 Å². The van der Waals surface area contributed by atoms with Gasteiger partial charge in [0.1, 0.15) is 0 Å². The summed E-state index contributed by atoms with van der Waals surface area (Å²) in [7, 11) is 0. The summed E-state index contributed by atoms with van der Waals surface area (Å²) in [6.45, 7) is 2.68. The maximum absolute atomic E-state index is 12.0. The van der Waals surface area contributed by atoms with E-state index < -0.39 is 0 Å². The number of carbonyl (C=O) groups excluding carboxylic acids is 1. The number of hydrogen-bond donors (Lipinski definition) is 3. The van der Waals surface area contributed by atoms with Gasteiger partial charge in [-0.2, -0.15) is 16.9 Å². The number of benzene rings is 1. The van der Waals surface area contributed by atoms with E-state index in [1.807, 2.05) is 12.3 Å². The maximum Gasteiger partial charge on any atom is 0.272 e. The number of nitrogens with zero attached hydrogens (tertiary/aromatic N) is 1. The largest absolute Gasteiger partial charge is 0.399 e. The van der Waals surface area contributed by atoms with Gasteiger partial charge in [0.2, 0.25) is 0 Å². The third-order valence-corrected chi connectivity index (χ3v) is 3.73. The minimum atomic E-state index is -0.173. The van der Waals surface area contributed by atoms with Crippen LogP contribution < -0.4 is 11.1 Å². The van der Waals surface area contributed by atoms with Gasteiger partial charge in [-0.3, -0.25) is 9.89 Å². The Hall–Kier alpha value is -1.69. The summed E-state index contributed by atoms with van der Waals surface area (Å²) >= 11 is 1.71. The quantitative estimate of drug-likeness (QED) is 0.733. The van der Waals surface area contributed by atoms with E-state index in [0.29, 0.717) is 23.2 Å². The number of nitrogens with two attached hydrogens (primary N) is 1. The number of aromatic nitrogens is 2. The lowest BCUT2D eigenvalue weighted by atomic mass is 10.2. The molecule has 1 heterocycles. The van der Waals surface area contributed by atoms with Crippen molar-refractivity contribution in [2.75, 3.05) is 18.5 Å². The average Bonchev–Trinajstić information content (AvgIpc) is 2.78. The van der Waals surface area contributed by atoms with Crippen molar-refractivity contribution in [3.8, 4) is 0 Å². The van der Waals surface area contributed by atoms with Gasteiger partial charge in [-0.15, -0.1) is 0 Å². The van der Waals surface area contributed by atoms with Crippen LogP contribution in [0.1, 0.15) is 17.4 Å². The van der Waals surface area contributed by atoms with Gasteiger partial charge < -0.3 is 11.1 Å².